The summed E-state index contributed by atoms with van der Waals surface area (Å²) in [6.07, 6.45) is 1.97. The summed E-state index contributed by atoms with van der Waals surface area (Å²) >= 11 is 0. The van der Waals surface area contributed by atoms with Gasteiger partial charge in [-0.05, 0) is 62.4 Å². The van der Waals surface area contributed by atoms with E-state index in [2.05, 4.69) is 98.6 Å². The molecular formula is C26H30N2O. The summed E-state index contributed by atoms with van der Waals surface area (Å²) in [5, 5.41) is 2.26. The normalized spacial score (nSPS) is 25.8. The standard InChI is InChI=1S/C26H30N2O/c1-20(21-14-16-24(27)17-15-21)29-28-25(2,22-10-6-4-7-11-22)18-19-26(28,3)23-12-8-5-9-13-23/h4-17,20H,18-19,27H2,1-3H3/t20?,25-,26-/m0/s1. The molecule has 0 saturated carbocycles. The summed E-state index contributed by atoms with van der Waals surface area (Å²) in [5.41, 5.74) is 9.90. The minimum absolute atomic E-state index is 0.0835. The van der Waals surface area contributed by atoms with Gasteiger partial charge in [0.1, 0.15) is 6.10 Å². The fourth-order valence-electron chi connectivity index (χ4n) is 4.57. The molecule has 150 valence electrons. The summed E-state index contributed by atoms with van der Waals surface area (Å²) in [7, 11) is 0. The van der Waals surface area contributed by atoms with Crippen LogP contribution < -0.4 is 5.73 Å². The molecule has 4 rings (SSSR count). The Labute approximate surface area is 174 Å². The van der Waals surface area contributed by atoms with Crippen molar-refractivity contribution >= 4 is 5.69 Å². The Kier molecular flexibility index (Phi) is 5.20. The first-order valence-electron chi connectivity index (χ1n) is 10.4. The summed E-state index contributed by atoms with van der Waals surface area (Å²) in [5.74, 6) is 0. The van der Waals surface area contributed by atoms with E-state index in [-0.39, 0.29) is 17.2 Å². The maximum Gasteiger partial charge on any atom is 0.102 e. The van der Waals surface area contributed by atoms with E-state index in [0.717, 1.165) is 24.1 Å². The zero-order chi connectivity index (χ0) is 20.5. The van der Waals surface area contributed by atoms with Crippen LogP contribution in [0.3, 0.4) is 0 Å². The Morgan fingerprint density at radius 3 is 1.66 bits per heavy atom. The molecule has 0 spiro atoms. The smallest absolute Gasteiger partial charge is 0.102 e. The average Bonchev–Trinajstić information content (AvgIpc) is 3.03. The molecule has 1 unspecified atom stereocenters. The van der Waals surface area contributed by atoms with Crippen LogP contribution in [0, 0.1) is 0 Å². The first kappa shape index (κ1) is 19.7. The average molecular weight is 387 g/mol. The number of nitrogen functional groups attached to an aromatic ring is 1. The molecule has 29 heavy (non-hydrogen) atoms. The molecule has 1 saturated heterocycles. The van der Waals surface area contributed by atoms with Gasteiger partial charge in [-0.15, -0.1) is 0 Å². The number of hydroxylamine groups is 2. The second-order valence-electron chi connectivity index (χ2n) is 8.49. The van der Waals surface area contributed by atoms with Gasteiger partial charge in [-0.3, -0.25) is 4.84 Å². The second kappa shape index (κ2) is 7.66. The molecule has 3 aromatic carbocycles. The van der Waals surface area contributed by atoms with Crippen molar-refractivity contribution < 1.29 is 4.84 Å². The monoisotopic (exact) mass is 386 g/mol. The largest absolute Gasteiger partial charge is 0.399 e. The molecule has 1 fully saturated rings. The first-order chi connectivity index (χ1) is 13.9. The van der Waals surface area contributed by atoms with Crippen molar-refractivity contribution in [1.82, 2.24) is 5.06 Å². The van der Waals surface area contributed by atoms with E-state index in [1.807, 2.05) is 12.1 Å². The van der Waals surface area contributed by atoms with Crippen LogP contribution in [0.2, 0.25) is 0 Å². The van der Waals surface area contributed by atoms with Crippen LogP contribution in [0.5, 0.6) is 0 Å². The van der Waals surface area contributed by atoms with Crippen LogP contribution in [0.4, 0.5) is 5.69 Å². The lowest BCUT2D eigenvalue weighted by atomic mass is 9.89. The van der Waals surface area contributed by atoms with Gasteiger partial charge in [0, 0.05) is 5.69 Å². The Hall–Kier alpha value is -2.62. The highest BCUT2D eigenvalue weighted by Gasteiger charge is 2.53. The van der Waals surface area contributed by atoms with Gasteiger partial charge in [0.25, 0.3) is 0 Å². The zero-order valence-corrected chi connectivity index (χ0v) is 17.5. The Bertz CT molecular complexity index is 888. The molecule has 2 N–H and O–H groups in total. The van der Waals surface area contributed by atoms with Crippen LogP contribution in [0.1, 0.15) is 56.4 Å². The fraction of sp³-hybridized carbons (Fsp3) is 0.308. The third-order valence-corrected chi connectivity index (χ3v) is 6.46. The van der Waals surface area contributed by atoms with E-state index < -0.39 is 0 Å². The lowest BCUT2D eigenvalue weighted by molar-refractivity contribution is -0.282. The highest BCUT2D eigenvalue weighted by atomic mass is 16.7. The lowest BCUT2D eigenvalue weighted by Crippen LogP contribution is -2.48. The predicted molar refractivity (Wildman–Crippen MR) is 119 cm³/mol. The van der Waals surface area contributed by atoms with Crippen LogP contribution in [-0.2, 0) is 15.9 Å². The number of hydrogen-bond acceptors (Lipinski definition) is 3. The van der Waals surface area contributed by atoms with Gasteiger partial charge in [0.2, 0.25) is 0 Å². The van der Waals surface area contributed by atoms with Crippen molar-refractivity contribution in [2.75, 3.05) is 5.73 Å². The van der Waals surface area contributed by atoms with Gasteiger partial charge in [0.05, 0.1) is 11.1 Å². The molecule has 3 heteroatoms. The lowest BCUT2D eigenvalue weighted by Gasteiger charge is -2.44. The highest BCUT2D eigenvalue weighted by Crippen LogP contribution is 2.53. The molecule has 0 aromatic heterocycles. The summed E-state index contributed by atoms with van der Waals surface area (Å²) < 4.78 is 0. The van der Waals surface area contributed by atoms with E-state index in [0.29, 0.717) is 0 Å². The Morgan fingerprint density at radius 2 is 1.21 bits per heavy atom. The second-order valence-corrected chi connectivity index (χ2v) is 8.49. The van der Waals surface area contributed by atoms with Gasteiger partial charge < -0.3 is 5.73 Å². The number of nitrogens with two attached hydrogens (primary N) is 1. The minimum Gasteiger partial charge on any atom is -0.399 e. The van der Waals surface area contributed by atoms with Gasteiger partial charge in [-0.1, -0.05) is 72.8 Å². The van der Waals surface area contributed by atoms with E-state index in [1.54, 1.807) is 0 Å². The van der Waals surface area contributed by atoms with Crippen LogP contribution in [0.25, 0.3) is 0 Å². The van der Waals surface area contributed by atoms with Crippen molar-refractivity contribution in [3.8, 4) is 0 Å². The van der Waals surface area contributed by atoms with Gasteiger partial charge in [0.15, 0.2) is 0 Å². The predicted octanol–water partition coefficient (Wildman–Crippen LogP) is 6.19. The fourth-order valence-corrected chi connectivity index (χ4v) is 4.57. The summed E-state index contributed by atoms with van der Waals surface area (Å²) in [4.78, 5) is 6.77. The number of benzene rings is 3. The van der Waals surface area contributed by atoms with Crippen LogP contribution in [-0.4, -0.2) is 5.06 Å². The maximum absolute atomic E-state index is 6.77. The molecule has 3 atom stereocenters. The van der Waals surface area contributed by atoms with Crippen molar-refractivity contribution in [2.24, 2.45) is 0 Å². The highest BCUT2D eigenvalue weighted by molar-refractivity contribution is 5.40. The number of hydrogen-bond donors (Lipinski definition) is 1. The number of nitrogens with zero attached hydrogens (tertiary/aromatic N) is 1. The molecule has 0 aliphatic carbocycles. The third kappa shape index (κ3) is 3.57. The van der Waals surface area contributed by atoms with Gasteiger partial charge in [-0.2, -0.15) is 5.06 Å². The van der Waals surface area contributed by atoms with Gasteiger partial charge >= 0.3 is 0 Å². The SMILES string of the molecule is CC(ON1[C@](C)(c2ccccc2)CC[C@@]1(C)c1ccccc1)c1ccc(N)cc1. The van der Waals surface area contributed by atoms with Crippen molar-refractivity contribution in [3.63, 3.8) is 0 Å². The van der Waals surface area contributed by atoms with Crippen molar-refractivity contribution in [3.05, 3.63) is 102 Å². The summed E-state index contributed by atoms with van der Waals surface area (Å²) in [6, 6.07) is 29.4. The van der Waals surface area contributed by atoms with Crippen molar-refractivity contribution in [1.29, 1.82) is 0 Å². The molecule has 3 nitrogen and oxygen atoms in total. The minimum atomic E-state index is -0.214. The quantitative estimate of drug-likeness (QED) is 0.532. The Morgan fingerprint density at radius 1 is 0.759 bits per heavy atom. The van der Waals surface area contributed by atoms with E-state index in [4.69, 9.17) is 10.6 Å². The van der Waals surface area contributed by atoms with E-state index in [1.165, 1.54) is 11.1 Å². The molecular weight excluding hydrogens is 356 g/mol. The molecule has 0 bridgehead atoms. The first-order valence-corrected chi connectivity index (χ1v) is 10.4. The molecule has 1 aliphatic rings. The number of anilines is 1. The molecule has 0 amide bonds. The van der Waals surface area contributed by atoms with E-state index in [9.17, 15) is 0 Å². The number of rotatable bonds is 5. The molecule has 1 heterocycles. The maximum atomic E-state index is 6.77. The van der Waals surface area contributed by atoms with Gasteiger partial charge in [-0.25, -0.2) is 0 Å². The van der Waals surface area contributed by atoms with E-state index >= 15 is 0 Å². The third-order valence-electron chi connectivity index (χ3n) is 6.46. The molecule has 3 aromatic rings. The molecule has 0 radical (unpaired) electrons. The zero-order valence-electron chi connectivity index (χ0n) is 17.5. The van der Waals surface area contributed by atoms with Crippen LogP contribution in [0.15, 0.2) is 84.9 Å². The van der Waals surface area contributed by atoms with Crippen LogP contribution >= 0.6 is 0 Å². The summed E-state index contributed by atoms with van der Waals surface area (Å²) in [6.45, 7) is 6.71. The van der Waals surface area contributed by atoms with Crippen molar-refractivity contribution in [2.45, 2.75) is 50.8 Å². The topological polar surface area (TPSA) is 38.5 Å². The Balaban J connectivity index is 1.74. The molecule has 1 aliphatic heterocycles.